The number of nitrogens with one attached hydrogen (secondary N) is 2. The quantitative estimate of drug-likeness (QED) is 0.754. The molecule has 0 bridgehead atoms. The molecule has 0 amide bonds. The number of sulfonamides is 1. The molecule has 1 aliphatic carbocycles. The largest absolute Gasteiger partial charge is 0.315 e. The Morgan fingerprint density at radius 1 is 0.941 bits per heavy atom. The first-order chi connectivity index (χ1) is 8.18. The molecule has 2 aliphatic rings. The Bertz CT molecular complexity index is 315. The van der Waals surface area contributed by atoms with Crippen molar-refractivity contribution in [1.29, 1.82) is 0 Å². The highest BCUT2D eigenvalue weighted by atomic mass is 32.2. The second-order valence-corrected chi connectivity index (χ2v) is 7.31. The van der Waals surface area contributed by atoms with Gasteiger partial charge in [0.2, 0.25) is 10.0 Å². The summed E-state index contributed by atoms with van der Waals surface area (Å²) in [6.07, 6.45) is 8.63. The van der Waals surface area contributed by atoms with E-state index in [0.717, 1.165) is 45.1 Å². The van der Waals surface area contributed by atoms with Gasteiger partial charge in [-0.3, -0.25) is 0 Å². The van der Waals surface area contributed by atoms with E-state index in [1.165, 1.54) is 12.8 Å². The maximum Gasteiger partial charge on any atom is 0.215 e. The molecule has 1 heterocycles. The van der Waals surface area contributed by atoms with Gasteiger partial charge in [0.15, 0.2) is 0 Å². The SMILES string of the molecule is O=S(=O)(NC1CCCCCC1)C1CCCNC1. The van der Waals surface area contributed by atoms with Crippen molar-refractivity contribution in [2.45, 2.75) is 62.7 Å². The molecule has 5 heteroatoms. The maximum atomic E-state index is 12.2. The van der Waals surface area contributed by atoms with Gasteiger partial charge in [-0.15, -0.1) is 0 Å². The van der Waals surface area contributed by atoms with Crippen molar-refractivity contribution >= 4 is 10.0 Å². The lowest BCUT2D eigenvalue weighted by molar-refractivity contribution is 0.468. The second-order valence-electron chi connectivity index (χ2n) is 5.32. The van der Waals surface area contributed by atoms with E-state index in [9.17, 15) is 8.42 Å². The van der Waals surface area contributed by atoms with Gasteiger partial charge in [0.25, 0.3) is 0 Å². The summed E-state index contributed by atoms with van der Waals surface area (Å²) in [5.74, 6) is 0. The van der Waals surface area contributed by atoms with Gasteiger partial charge in [-0.1, -0.05) is 25.7 Å². The van der Waals surface area contributed by atoms with E-state index in [0.29, 0.717) is 6.54 Å². The summed E-state index contributed by atoms with van der Waals surface area (Å²) in [4.78, 5) is 0. The smallest absolute Gasteiger partial charge is 0.215 e. The number of piperidine rings is 1. The minimum absolute atomic E-state index is 0.185. The van der Waals surface area contributed by atoms with Crippen LogP contribution in [0.5, 0.6) is 0 Å². The van der Waals surface area contributed by atoms with E-state index in [-0.39, 0.29) is 11.3 Å². The van der Waals surface area contributed by atoms with Gasteiger partial charge < -0.3 is 5.32 Å². The number of hydrogen-bond acceptors (Lipinski definition) is 3. The monoisotopic (exact) mass is 260 g/mol. The van der Waals surface area contributed by atoms with E-state index in [2.05, 4.69) is 10.0 Å². The van der Waals surface area contributed by atoms with Gasteiger partial charge in [-0.05, 0) is 32.2 Å². The van der Waals surface area contributed by atoms with E-state index < -0.39 is 10.0 Å². The molecule has 2 N–H and O–H groups in total. The van der Waals surface area contributed by atoms with E-state index in [1.807, 2.05) is 0 Å². The minimum atomic E-state index is -3.11. The second kappa shape index (κ2) is 6.16. The molecule has 0 spiro atoms. The molecule has 1 unspecified atom stereocenters. The van der Waals surface area contributed by atoms with Crippen LogP contribution in [0.2, 0.25) is 0 Å². The summed E-state index contributed by atoms with van der Waals surface area (Å²) in [6.45, 7) is 1.57. The van der Waals surface area contributed by atoms with Crippen LogP contribution in [0.25, 0.3) is 0 Å². The predicted molar refractivity (Wildman–Crippen MR) is 69.4 cm³/mol. The topological polar surface area (TPSA) is 58.2 Å². The zero-order valence-corrected chi connectivity index (χ0v) is 11.3. The number of rotatable bonds is 3. The molecule has 4 nitrogen and oxygen atoms in total. The molecule has 0 radical (unpaired) electrons. The molecule has 0 aromatic carbocycles. The van der Waals surface area contributed by atoms with Crippen LogP contribution in [0.15, 0.2) is 0 Å². The number of hydrogen-bond donors (Lipinski definition) is 2. The van der Waals surface area contributed by atoms with E-state index >= 15 is 0 Å². The van der Waals surface area contributed by atoms with E-state index in [4.69, 9.17) is 0 Å². The van der Waals surface area contributed by atoms with Crippen molar-refractivity contribution in [3.63, 3.8) is 0 Å². The Morgan fingerprint density at radius 2 is 1.65 bits per heavy atom. The van der Waals surface area contributed by atoms with Gasteiger partial charge in [0, 0.05) is 12.6 Å². The summed E-state index contributed by atoms with van der Waals surface area (Å²) < 4.78 is 27.4. The van der Waals surface area contributed by atoms with Crippen LogP contribution < -0.4 is 10.0 Å². The Hall–Kier alpha value is -0.130. The standard InChI is InChI=1S/C12H24N2O2S/c15-17(16,12-8-5-9-13-10-12)14-11-6-3-1-2-4-7-11/h11-14H,1-10H2. The third-order valence-electron chi connectivity index (χ3n) is 3.88. The summed E-state index contributed by atoms with van der Waals surface area (Å²) in [6, 6.07) is 0.185. The van der Waals surface area contributed by atoms with Crippen LogP contribution in [-0.4, -0.2) is 32.8 Å². The average Bonchev–Trinajstić information content (AvgIpc) is 2.58. The summed E-state index contributed by atoms with van der Waals surface area (Å²) >= 11 is 0. The molecular weight excluding hydrogens is 236 g/mol. The third-order valence-corrected chi connectivity index (χ3v) is 5.82. The van der Waals surface area contributed by atoms with Crippen molar-refractivity contribution in [1.82, 2.24) is 10.0 Å². The van der Waals surface area contributed by atoms with Crippen LogP contribution in [0, 0.1) is 0 Å². The molecule has 17 heavy (non-hydrogen) atoms. The average molecular weight is 260 g/mol. The Kier molecular flexibility index (Phi) is 4.82. The molecule has 100 valence electrons. The first-order valence-corrected chi connectivity index (χ1v) is 8.45. The first-order valence-electron chi connectivity index (χ1n) is 6.90. The summed E-state index contributed by atoms with van der Waals surface area (Å²) in [7, 11) is -3.11. The summed E-state index contributed by atoms with van der Waals surface area (Å²) in [5.41, 5.74) is 0. The normalized spacial score (nSPS) is 28.8. The fourth-order valence-electron chi connectivity index (χ4n) is 2.81. The van der Waals surface area contributed by atoms with Crippen molar-refractivity contribution < 1.29 is 8.42 Å². The molecular formula is C12H24N2O2S. The summed E-state index contributed by atoms with van der Waals surface area (Å²) in [5, 5.41) is 2.95. The first kappa shape index (κ1) is 13.3. The molecule has 2 rings (SSSR count). The lowest BCUT2D eigenvalue weighted by atomic mass is 10.1. The van der Waals surface area contributed by atoms with Crippen molar-refractivity contribution in [2.24, 2.45) is 0 Å². The van der Waals surface area contributed by atoms with E-state index in [1.54, 1.807) is 0 Å². The van der Waals surface area contributed by atoms with Crippen LogP contribution >= 0.6 is 0 Å². The van der Waals surface area contributed by atoms with Crippen LogP contribution in [0.3, 0.4) is 0 Å². The Morgan fingerprint density at radius 3 is 2.24 bits per heavy atom. The molecule has 1 atom stereocenters. The predicted octanol–water partition coefficient (Wildman–Crippen LogP) is 1.38. The van der Waals surface area contributed by atoms with Gasteiger partial charge in [0.05, 0.1) is 5.25 Å². The molecule has 1 saturated carbocycles. The molecule has 1 saturated heterocycles. The molecule has 2 fully saturated rings. The van der Waals surface area contributed by atoms with Gasteiger partial charge in [-0.25, -0.2) is 13.1 Å². The highest BCUT2D eigenvalue weighted by Gasteiger charge is 2.29. The molecule has 1 aliphatic heterocycles. The fraction of sp³-hybridized carbons (Fsp3) is 1.00. The van der Waals surface area contributed by atoms with Gasteiger partial charge in [0.1, 0.15) is 0 Å². The zero-order valence-electron chi connectivity index (χ0n) is 10.5. The zero-order chi connectivity index (χ0) is 12.1. The lowest BCUT2D eigenvalue weighted by Crippen LogP contribution is -2.47. The van der Waals surface area contributed by atoms with Crippen molar-refractivity contribution in [2.75, 3.05) is 13.1 Å². The van der Waals surface area contributed by atoms with Crippen LogP contribution in [0.4, 0.5) is 0 Å². The lowest BCUT2D eigenvalue weighted by Gasteiger charge is -2.25. The van der Waals surface area contributed by atoms with Crippen molar-refractivity contribution in [3.05, 3.63) is 0 Å². The van der Waals surface area contributed by atoms with Crippen LogP contribution in [0.1, 0.15) is 51.4 Å². The Labute approximate surface area is 105 Å². The molecule has 0 aromatic heterocycles. The van der Waals surface area contributed by atoms with Gasteiger partial charge >= 0.3 is 0 Å². The fourth-order valence-corrected chi connectivity index (χ4v) is 4.52. The van der Waals surface area contributed by atoms with Crippen molar-refractivity contribution in [3.8, 4) is 0 Å². The highest BCUT2D eigenvalue weighted by molar-refractivity contribution is 7.90. The third kappa shape index (κ3) is 3.93. The highest BCUT2D eigenvalue weighted by Crippen LogP contribution is 2.19. The molecule has 0 aromatic rings. The van der Waals surface area contributed by atoms with Gasteiger partial charge in [-0.2, -0.15) is 0 Å². The Balaban J connectivity index is 1.90. The van der Waals surface area contributed by atoms with Crippen LogP contribution in [-0.2, 0) is 10.0 Å². The minimum Gasteiger partial charge on any atom is -0.315 e. The maximum absolute atomic E-state index is 12.2.